The Morgan fingerprint density at radius 3 is 2.59 bits per heavy atom. The molecule has 4 N–H and O–H groups in total. The summed E-state index contributed by atoms with van der Waals surface area (Å²) < 4.78 is 35.0. The van der Waals surface area contributed by atoms with Crippen LogP contribution in [0.3, 0.4) is 0 Å². The minimum atomic E-state index is -0.798. The molecule has 0 saturated carbocycles. The number of rotatable bonds is 5. The summed E-state index contributed by atoms with van der Waals surface area (Å²) in [6.07, 6.45) is 1.60. The molecule has 0 fully saturated rings. The van der Waals surface area contributed by atoms with Gasteiger partial charge in [-0.15, -0.1) is 0 Å². The highest BCUT2D eigenvalue weighted by molar-refractivity contribution is 6.17. The molecule has 3 heterocycles. The van der Waals surface area contributed by atoms with Crippen LogP contribution < -0.4 is 21.4 Å². The van der Waals surface area contributed by atoms with Crippen molar-refractivity contribution in [2.75, 3.05) is 11.9 Å². The third kappa shape index (κ3) is 5.42. The van der Waals surface area contributed by atoms with Crippen molar-refractivity contribution in [1.82, 2.24) is 14.5 Å². The Bertz CT molecular complexity index is 1540. The largest absolute Gasteiger partial charge is 0.483 e. The Balaban J connectivity index is 0.00000102. The molecular formula is C25H20F2N6O4. The van der Waals surface area contributed by atoms with Gasteiger partial charge in [0.1, 0.15) is 11.6 Å². The normalized spacial score (nSPS) is 12.2. The lowest BCUT2D eigenvalue weighted by molar-refractivity contribution is -0.122. The Morgan fingerprint density at radius 1 is 1.19 bits per heavy atom. The zero-order valence-electron chi connectivity index (χ0n) is 19.2. The van der Waals surface area contributed by atoms with E-state index in [9.17, 15) is 13.6 Å². The number of anilines is 1. The van der Waals surface area contributed by atoms with Crippen molar-refractivity contribution < 1.29 is 28.2 Å². The van der Waals surface area contributed by atoms with Gasteiger partial charge in [0, 0.05) is 36.5 Å². The molecule has 3 aliphatic heterocycles. The molecule has 37 heavy (non-hydrogen) atoms. The van der Waals surface area contributed by atoms with Crippen LogP contribution in [0.2, 0.25) is 0 Å². The van der Waals surface area contributed by atoms with Crippen LogP contribution >= 0.6 is 0 Å². The van der Waals surface area contributed by atoms with Crippen molar-refractivity contribution in [2.24, 2.45) is 10.7 Å². The van der Waals surface area contributed by atoms with Gasteiger partial charge in [-0.05, 0) is 35.9 Å². The molecule has 0 bridgehead atoms. The standard InChI is InChI=1S/C24H18F2N6O2.CH2O2/c1-13(21(27)33)14-2-5-17(6-3-14)30-24-29-12-15-10-20(23-28-8-9-32(23)22(15)31-24)34-19-7-4-16(25)11-18(19)26;2-1-3/h2-7,10-12,28H,1,8-9H2,(H2,27,33);1H,(H,2,3). The molecule has 0 saturated heterocycles. The van der Waals surface area contributed by atoms with E-state index in [4.69, 9.17) is 20.4 Å². The Kier molecular flexibility index (Phi) is 7.19. The number of benzene rings is 2. The molecule has 0 aliphatic carbocycles. The minimum absolute atomic E-state index is 0.0905. The Labute approximate surface area is 208 Å². The first-order valence-corrected chi connectivity index (χ1v) is 10.8. The number of hydrogen-bond acceptors (Lipinski definition) is 7. The van der Waals surface area contributed by atoms with Gasteiger partial charge in [0.15, 0.2) is 23.1 Å². The first kappa shape index (κ1) is 25.0. The van der Waals surface area contributed by atoms with Crippen LogP contribution in [0.5, 0.6) is 11.5 Å². The summed E-state index contributed by atoms with van der Waals surface area (Å²) in [7, 11) is 0. The summed E-state index contributed by atoms with van der Waals surface area (Å²) in [5, 5.41) is 10.1. The average molecular weight is 506 g/mol. The average Bonchev–Trinajstić information content (AvgIpc) is 3.37. The van der Waals surface area contributed by atoms with Crippen LogP contribution in [0.25, 0.3) is 17.0 Å². The third-order valence-corrected chi connectivity index (χ3v) is 5.31. The molecule has 0 unspecified atom stereocenters. The molecule has 2 aromatic rings. The maximum atomic E-state index is 14.1. The number of amides is 1. The second-order valence-corrected chi connectivity index (χ2v) is 7.67. The zero-order chi connectivity index (χ0) is 26.5. The van der Waals surface area contributed by atoms with E-state index in [1.54, 1.807) is 36.5 Å². The summed E-state index contributed by atoms with van der Waals surface area (Å²) in [5.74, 6) is -0.547. The number of carbonyl (C=O) groups is 2. The number of halogens is 2. The quantitative estimate of drug-likeness (QED) is 0.278. The van der Waals surface area contributed by atoms with Gasteiger partial charge in [0.05, 0.1) is 5.69 Å². The van der Waals surface area contributed by atoms with Gasteiger partial charge < -0.3 is 25.5 Å². The number of nitrogens with two attached hydrogens (primary N) is 1. The number of ether oxygens (including phenoxy) is 1. The predicted octanol–water partition coefficient (Wildman–Crippen LogP) is 3.31. The van der Waals surface area contributed by atoms with E-state index >= 15 is 0 Å². The van der Waals surface area contributed by atoms with Crippen molar-refractivity contribution in [3.8, 4) is 22.9 Å². The molecule has 0 spiro atoms. The second kappa shape index (κ2) is 10.6. The number of fused-ring (bicyclic) bond motifs is 3. The summed E-state index contributed by atoms with van der Waals surface area (Å²) in [5.41, 5.74) is 7.58. The minimum Gasteiger partial charge on any atom is -0.483 e. The zero-order valence-corrected chi connectivity index (χ0v) is 19.2. The lowest BCUT2D eigenvalue weighted by atomic mass is 10.1. The topological polar surface area (TPSA) is 145 Å². The second-order valence-electron chi connectivity index (χ2n) is 7.67. The number of hydrogen-bond donors (Lipinski definition) is 3. The molecular weight excluding hydrogens is 486 g/mol. The predicted molar refractivity (Wildman–Crippen MR) is 130 cm³/mol. The van der Waals surface area contributed by atoms with Crippen LogP contribution in [-0.2, 0) is 16.1 Å². The monoisotopic (exact) mass is 506 g/mol. The van der Waals surface area contributed by atoms with Crippen molar-refractivity contribution in [3.63, 3.8) is 0 Å². The first-order chi connectivity index (χ1) is 17.8. The van der Waals surface area contributed by atoms with Gasteiger partial charge >= 0.3 is 0 Å². The highest BCUT2D eigenvalue weighted by Crippen LogP contribution is 2.38. The molecule has 2 aromatic carbocycles. The van der Waals surface area contributed by atoms with Crippen LogP contribution in [0.15, 0.2) is 66.3 Å². The van der Waals surface area contributed by atoms with Gasteiger partial charge in [-0.2, -0.15) is 4.98 Å². The van der Waals surface area contributed by atoms with Gasteiger partial charge in [-0.25, -0.2) is 18.8 Å². The van der Waals surface area contributed by atoms with Gasteiger partial charge in [-0.1, -0.05) is 18.7 Å². The highest BCUT2D eigenvalue weighted by atomic mass is 19.1. The Hall–Kier alpha value is -5.13. The molecule has 0 aromatic heterocycles. The number of carbonyl (C=O) groups excluding carboxylic acids is 1. The third-order valence-electron chi connectivity index (χ3n) is 5.31. The molecule has 0 atom stereocenters. The molecule has 3 aliphatic rings. The first-order valence-electron chi connectivity index (χ1n) is 10.8. The van der Waals surface area contributed by atoms with E-state index in [-0.39, 0.29) is 23.4 Å². The summed E-state index contributed by atoms with van der Waals surface area (Å²) in [6, 6.07) is 11.6. The van der Waals surface area contributed by atoms with Crippen molar-refractivity contribution in [2.45, 2.75) is 6.54 Å². The SMILES string of the molecule is C=C(C(N)=O)c1ccc(N=c2ncc3cc(Oc4ccc(F)cc4F)c4n(c-3n2)CCN4)cc1.O=CO. The molecule has 0 radical (unpaired) electrons. The van der Waals surface area contributed by atoms with Crippen LogP contribution in [0, 0.1) is 11.6 Å². The number of primary amides is 1. The summed E-state index contributed by atoms with van der Waals surface area (Å²) >= 11 is 0. The fourth-order valence-corrected chi connectivity index (χ4v) is 3.63. The van der Waals surface area contributed by atoms with E-state index < -0.39 is 17.5 Å². The lowest BCUT2D eigenvalue weighted by Gasteiger charge is -2.17. The van der Waals surface area contributed by atoms with Gasteiger partial charge in [0.2, 0.25) is 5.91 Å². The van der Waals surface area contributed by atoms with E-state index in [0.29, 0.717) is 47.3 Å². The molecule has 188 valence electrons. The van der Waals surface area contributed by atoms with Crippen LogP contribution in [0.4, 0.5) is 20.3 Å². The maximum absolute atomic E-state index is 14.1. The summed E-state index contributed by atoms with van der Waals surface area (Å²) in [6.45, 7) is 4.65. The summed E-state index contributed by atoms with van der Waals surface area (Å²) in [4.78, 5) is 33.0. The fourth-order valence-electron chi connectivity index (χ4n) is 3.63. The number of aromatic nitrogens is 3. The van der Waals surface area contributed by atoms with Gasteiger partial charge in [-0.3, -0.25) is 9.59 Å². The Morgan fingerprint density at radius 2 is 1.92 bits per heavy atom. The van der Waals surface area contributed by atoms with E-state index in [0.717, 1.165) is 12.1 Å². The number of nitrogens with zero attached hydrogens (tertiary/aromatic N) is 4. The van der Waals surface area contributed by atoms with Crippen LogP contribution in [-0.4, -0.2) is 38.6 Å². The highest BCUT2D eigenvalue weighted by Gasteiger charge is 2.23. The molecule has 10 nitrogen and oxygen atoms in total. The number of nitrogens with one attached hydrogen (secondary N) is 1. The van der Waals surface area contributed by atoms with Crippen molar-refractivity contribution >= 4 is 29.5 Å². The van der Waals surface area contributed by atoms with Crippen molar-refractivity contribution in [1.29, 1.82) is 0 Å². The van der Waals surface area contributed by atoms with Gasteiger partial charge in [0.25, 0.3) is 12.1 Å². The maximum Gasteiger partial charge on any atom is 0.290 e. The molecule has 1 amide bonds. The van der Waals surface area contributed by atoms with E-state index in [1.807, 2.05) is 4.57 Å². The van der Waals surface area contributed by atoms with Crippen LogP contribution in [0.1, 0.15) is 5.56 Å². The number of pyridine rings is 1. The number of carboxylic acid groups (broad SMARTS) is 1. The smallest absolute Gasteiger partial charge is 0.290 e. The van der Waals surface area contributed by atoms with Crippen molar-refractivity contribution in [3.05, 3.63) is 84.1 Å². The fraction of sp³-hybridized carbons (Fsp3) is 0.0800. The van der Waals surface area contributed by atoms with E-state index in [2.05, 4.69) is 26.9 Å². The lowest BCUT2D eigenvalue weighted by Crippen LogP contribution is -2.17. The molecule has 5 rings (SSSR count). The van der Waals surface area contributed by atoms with E-state index in [1.165, 1.54) is 6.07 Å². The molecule has 12 heteroatoms.